The first-order valence-corrected chi connectivity index (χ1v) is 7.70. The number of aryl methyl sites for hydroxylation is 1. The molecule has 1 aromatic rings. The van der Waals surface area contributed by atoms with Gasteiger partial charge >= 0.3 is 0 Å². The molecule has 5 nitrogen and oxygen atoms in total. The average Bonchev–Trinajstić information content (AvgIpc) is 2.53. The third-order valence-corrected chi connectivity index (χ3v) is 4.46. The molecular formula is C16H21ClFN3O2. The predicted octanol–water partition coefficient (Wildman–Crippen LogP) is 1.94. The third-order valence-electron chi connectivity index (χ3n) is 4.46. The second-order valence-corrected chi connectivity index (χ2v) is 6.03. The van der Waals surface area contributed by atoms with Gasteiger partial charge in [-0.2, -0.15) is 0 Å². The highest BCUT2D eigenvalue weighted by Crippen LogP contribution is 2.27. The Bertz CT molecular complexity index is 624. The van der Waals surface area contributed by atoms with E-state index in [1.807, 2.05) is 0 Å². The van der Waals surface area contributed by atoms with E-state index < -0.39 is 5.82 Å². The lowest BCUT2D eigenvalue weighted by Gasteiger charge is -2.32. The number of nitrogens with zero attached hydrogens (tertiary/aromatic N) is 1. The van der Waals surface area contributed by atoms with Crippen molar-refractivity contribution in [3.05, 3.63) is 29.1 Å². The second-order valence-electron chi connectivity index (χ2n) is 6.03. The van der Waals surface area contributed by atoms with Crippen molar-refractivity contribution < 1.29 is 14.0 Å². The van der Waals surface area contributed by atoms with E-state index in [1.54, 1.807) is 11.0 Å². The van der Waals surface area contributed by atoms with Crippen LogP contribution >= 0.6 is 12.4 Å². The number of nitrogens with two attached hydrogens (primary N) is 1. The molecule has 2 amide bonds. The van der Waals surface area contributed by atoms with Gasteiger partial charge in [0, 0.05) is 25.2 Å². The van der Waals surface area contributed by atoms with Gasteiger partial charge in [0.1, 0.15) is 5.82 Å². The normalized spacial score (nSPS) is 20.3. The maximum Gasteiger partial charge on any atom is 0.256 e. The lowest BCUT2D eigenvalue weighted by molar-refractivity contribution is -0.116. The maximum atomic E-state index is 14.3. The first kappa shape index (κ1) is 17.7. The summed E-state index contributed by atoms with van der Waals surface area (Å²) in [4.78, 5) is 25.6. The molecule has 0 aromatic heterocycles. The van der Waals surface area contributed by atoms with Crippen molar-refractivity contribution in [1.29, 1.82) is 0 Å². The van der Waals surface area contributed by atoms with Crippen molar-refractivity contribution in [1.82, 2.24) is 4.90 Å². The number of hydrogen-bond acceptors (Lipinski definition) is 3. The minimum atomic E-state index is -0.583. The number of nitrogens with one attached hydrogen (secondary N) is 1. The maximum absolute atomic E-state index is 14.3. The number of halogens is 2. The summed E-state index contributed by atoms with van der Waals surface area (Å²) in [6.07, 6.45) is 2.81. The Morgan fingerprint density at radius 2 is 2.17 bits per heavy atom. The van der Waals surface area contributed by atoms with Crippen molar-refractivity contribution >= 4 is 29.9 Å². The molecule has 7 heteroatoms. The van der Waals surface area contributed by atoms with E-state index in [9.17, 15) is 14.0 Å². The van der Waals surface area contributed by atoms with Crippen molar-refractivity contribution in [2.24, 2.45) is 11.7 Å². The van der Waals surface area contributed by atoms with Crippen molar-refractivity contribution in [2.75, 3.05) is 25.0 Å². The van der Waals surface area contributed by atoms with Gasteiger partial charge in [0.15, 0.2) is 0 Å². The van der Waals surface area contributed by atoms with Gasteiger partial charge in [-0.1, -0.05) is 0 Å². The summed E-state index contributed by atoms with van der Waals surface area (Å²) in [7, 11) is 0. The molecule has 23 heavy (non-hydrogen) atoms. The fourth-order valence-corrected chi connectivity index (χ4v) is 3.18. The summed E-state index contributed by atoms with van der Waals surface area (Å²) in [6, 6.07) is 2.84. The number of carbonyl (C=O) groups is 2. The number of carbonyl (C=O) groups excluding carboxylic acids is 2. The first-order chi connectivity index (χ1) is 10.6. The zero-order valence-corrected chi connectivity index (χ0v) is 13.6. The quantitative estimate of drug-likeness (QED) is 0.863. The molecule has 3 rings (SSSR count). The van der Waals surface area contributed by atoms with Crippen LogP contribution in [0.2, 0.25) is 0 Å². The summed E-state index contributed by atoms with van der Waals surface area (Å²) in [6.45, 7) is 1.77. The molecule has 2 heterocycles. The first-order valence-electron chi connectivity index (χ1n) is 7.70. The Kier molecular flexibility index (Phi) is 5.59. The van der Waals surface area contributed by atoms with E-state index in [-0.39, 0.29) is 35.7 Å². The molecule has 2 aliphatic heterocycles. The Hall–Kier alpha value is -1.66. The topological polar surface area (TPSA) is 75.4 Å². The highest BCUT2D eigenvalue weighted by molar-refractivity contribution is 5.98. The Balaban J connectivity index is 0.00000192. The van der Waals surface area contributed by atoms with Crippen LogP contribution in [0.25, 0.3) is 0 Å². The van der Waals surface area contributed by atoms with Gasteiger partial charge in [0.05, 0.1) is 5.56 Å². The molecule has 0 aliphatic carbocycles. The molecule has 1 aromatic carbocycles. The number of piperidine rings is 1. The summed E-state index contributed by atoms with van der Waals surface area (Å²) in [5, 5.41) is 2.64. The highest BCUT2D eigenvalue weighted by Gasteiger charge is 2.27. The third kappa shape index (κ3) is 3.64. The fraction of sp³-hybridized carbons (Fsp3) is 0.500. The van der Waals surface area contributed by atoms with Gasteiger partial charge in [-0.05, 0) is 49.4 Å². The summed E-state index contributed by atoms with van der Waals surface area (Å²) in [5.41, 5.74) is 7.07. The Labute approximate surface area is 140 Å². The minimum Gasteiger partial charge on any atom is -0.338 e. The Morgan fingerprint density at radius 3 is 2.91 bits per heavy atom. The summed E-state index contributed by atoms with van der Waals surface area (Å²) in [5.74, 6) is -0.693. The van der Waals surface area contributed by atoms with E-state index in [2.05, 4.69) is 5.32 Å². The van der Waals surface area contributed by atoms with Crippen LogP contribution in [0.1, 0.15) is 35.2 Å². The number of fused-ring (bicyclic) bond motifs is 1. The molecule has 126 valence electrons. The van der Waals surface area contributed by atoms with Gasteiger partial charge < -0.3 is 16.0 Å². The number of amides is 2. The van der Waals surface area contributed by atoms with Crippen LogP contribution in [0.4, 0.5) is 10.1 Å². The molecule has 0 radical (unpaired) electrons. The van der Waals surface area contributed by atoms with E-state index in [1.165, 1.54) is 6.07 Å². The fourth-order valence-electron chi connectivity index (χ4n) is 3.18. The zero-order chi connectivity index (χ0) is 15.7. The molecule has 1 atom stereocenters. The predicted molar refractivity (Wildman–Crippen MR) is 88.3 cm³/mol. The number of benzene rings is 1. The van der Waals surface area contributed by atoms with Gasteiger partial charge in [0.25, 0.3) is 5.91 Å². The van der Waals surface area contributed by atoms with E-state index in [4.69, 9.17) is 5.73 Å². The van der Waals surface area contributed by atoms with Crippen LogP contribution in [0.15, 0.2) is 12.1 Å². The molecular weight excluding hydrogens is 321 g/mol. The standard InChI is InChI=1S/C16H20FN3O2.ClH/c17-13-7-14-11(3-4-15(21)19-14)6-12(13)16(22)20-5-1-2-10(8-18)9-20;/h6-7,10H,1-5,8-9,18H2,(H,19,21);1H. The molecule has 0 bridgehead atoms. The summed E-state index contributed by atoms with van der Waals surface area (Å²) < 4.78 is 14.3. The van der Waals surface area contributed by atoms with Crippen molar-refractivity contribution in [3.63, 3.8) is 0 Å². The second kappa shape index (κ2) is 7.27. The lowest BCUT2D eigenvalue weighted by atomic mass is 9.96. The van der Waals surface area contributed by atoms with Crippen LogP contribution in [0, 0.1) is 11.7 Å². The number of anilines is 1. The van der Waals surface area contributed by atoms with Crippen molar-refractivity contribution in [3.8, 4) is 0 Å². The van der Waals surface area contributed by atoms with E-state index >= 15 is 0 Å². The monoisotopic (exact) mass is 341 g/mol. The number of rotatable bonds is 2. The molecule has 0 saturated carbocycles. The number of likely N-dealkylation sites (tertiary alicyclic amines) is 1. The van der Waals surface area contributed by atoms with Crippen LogP contribution in [-0.2, 0) is 11.2 Å². The molecule has 1 unspecified atom stereocenters. The van der Waals surface area contributed by atoms with Gasteiger partial charge in [-0.15, -0.1) is 12.4 Å². The van der Waals surface area contributed by atoms with Crippen LogP contribution in [-0.4, -0.2) is 36.3 Å². The largest absolute Gasteiger partial charge is 0.338 e. The average molecular weight is 342 g/mol. The molecule has 0 spiro atoms. The van der Waals surface area contributed by atoms with Crippen LogP contribution in [0.5, 0.6) is 0 Å². The SMILES string of the molecule is Cl.NCC1CCCN(C(=O)c2cc3c(cc2F)NC(=O)CC3)C1. The Morgan fingerprint density at radius 1 is 1.39 bits per heavy atom. The van der Waals surface area contributed by atoms with Gasteiger partial charge in [0.2, 0.25) is 5.91 Å². The van der Waals surface area contributed by atoms with Crippen LogP contribution in [0.3, 0.4) is 0 Å². The van der Waals surface area contributed by atoms with Crippen molar-refractivity contribution in [2.45, 2.75) is 25.7 Å². The molecule has 1 saturated heterocycles. The van der Waals surface area contributed by atoms with Gasteiger partial charge in [-0.25, -0.2) is 4.39 Å². The smallest absolute Gasteiger partial charge is 0.256 e. The summed E-state index contributed by atoms with van der Waals surface area (Å²) >= 11 is 0. The minimum absolute atomic E-state index is 0. The van der Waals surface area contributed by atoms with E-state index in [0.29, 0.717) is 38.2 Å². The van der Waals surface area contributed by atoms with E-state index in [0.717, 1.165) is 18.4 Å². The lowest BCUT2D eigenvalue weighted by Crippen LogP contribution is -2.42. The zero-order valence-electron chi connectivity index (χ0n) is 12.8. The molecule has 3 N–H and O–H groups in total. The number of hydrogen-bond donors (Lipinski definition) is 2. The van der Waals surface area contributed by atoms with Crippen LogP contribution < -0.4 is 11.1 Å². The molecule has 2 aliphatic rings. The highest BCUT2D eigenvalue weighted by atomic mass is 35.5. The van der Waals surface area contributed by atoms with Gasteiger partial charge in [-0.3, -0.25) is 9.59 Å². The molecule has 1 fully saturated rings.